The molecule has 0 aliphatic carbocycles. The van der Waals surface area contributed by atoms with E-state index in [1.165, 1.54) is 7.11 Å². The van der Waals surface area contributed by atoms with E-state index in [1.54, 1.807) is 6.92 Å². The maximum atomic E-state index is 11.0. The van der Waals surface area contributed by atoms with Crippen LogP contribution in [0.25, 0.3) is 0 Å². The number of unbranched alkanes of at least 4 members (excludes halogenated alkanes) is 3. The second-order valence-electron chi connectivity index (χ2n) is 3.11. The largest absolute Gasteiger partial charge is 0.468 e. The molecule has 0 aromatic heterocycles. The zero-order valence-corrected chi connectivity index (χ0v) is 8.64. The third-order valence-electron chi connectivity index (χ3n) is 1.93. The van der Waals surface area contributed by atoms with Gasteiger partial charge < -0.3 is 10.1 Å². The summed E-state index contributed by atoms with van der Waals surface area (Å²) in [7, 11) is 1.40. The minimum absolute atomic E-state index is 0.212. The monoisotopic (exact) mass is 188 g/mol. The smallest absolute Gasteiger partial charge is 0.322 e. The standard InChI is InChI=1S/C10H21NO2/c1-4-5-6-7-8-11-9(2)10(12)13-3/h9,11H,4-8H2,1-3H3/t9-/m0/s1/i1D. The lowest BCUT2D eigenvalue weighted by molar-refractivity contribution is -0.142. The number of methoxy groups -OCH3 is 1. The summed E-state index contributed by atoms with van der Waals surface area (Å²) in [6, 6.07) is -0.212. The van der Waals surface area contributed by atoms with E-state index in [9.17, 15) is 4.79 Å². The lowest BCUT2D eigenvalue weighted by Crippen LogP contribution is -2.35. The van der Waals surface area contributed by atoms with E-state index in [1.807, 2.05) is 0 Å². The Balaban J connectivity index is 3.23. The number of carbonyl (C=O) groups is 1. The summed E-state index contributed by atoms with van der Waals surface area (Å²) in [5, 5.41) is 3.09. The van der Waals surface area contributed by atoms with E-state index in [0.717, 1.165) is 32.2 Å². The summed E-state index contributed by atoms with van der Waals surface area (Å²) in [5.41, 5.74) is 0. The van der Waals surface area contributed by atoms with Crippen LogP contribution in [0.4, 0.5) is 0 Å². The molecule has 1 atom stereocenters. The molecule has 0 bridgehead atoms. The molecule has 0 fully saturated rings. The van der Waals surface area contributed by atoms with Gasteiger partial charge in [0.25, 0.3) is 0 Å². The molecule has 0 aliphatic rings. The third kappa shape index (κ3) is 6.58. The fraction of sp³-hybridized carbons (Fsp3) is 0.900. The van der Waals surface area contributed by atoms with Crippen molar-refractivity contribution in [3.63, 3.8) is 0 Å². The Labute approximate surface area is 82.3 Å². The summed E-state index contributed by atoms with van der Waals surface area (Å²) < 4.78 is 11.5. The molecule has 0 rings (SSSR count). The molecule has 0 spiro atoms. The van der Waals surface area contributed by atoms with Gasteiger partial charge in [0.1, 0.15) is 6.04 Å². The minimum atomic E-state index is -0.212. The van der Waals surface area contributed by atoms with Gasteiger partial charge in [0.2, 0.25) is 0 Å². The zero-order valence-electron chi connectivity index (χ0n) is 9.64. The molecule has 78 valence electrons. The van der Waals surface area contributed by atoms with Gasteiger partial charge in [-0.15, -0.1) is 0 Å². The van der Waals surface area contributed by atoms with Crippen molar-refractivity contribution in [2.45, 2.75) is 45.5 Å². The molecule has 0 saturated carbocycles. The first-order valence-corrected chi connectivity index (χ1v) is 4.82. The van der Waals surface area contributed by atoms with Crippen molar-refractivity contribution in [3.05, 3.63) is 0 Å². The molecule has 0 amide bonds. The molecule has 0 aromatic rings. The first-order valence-electron chi connectivity index (χ1n) is 5.53. The predicted molar refractivity (Wildman–Crippen MR) is 53.6 cm³/mol. The van der Waals surface area contributed by atoms with Gasteiger partial charge in [-0.3, -0.25) is 4.79 Å². The molecule has 0 aromatic carbocycles. The van der Waals surface area contributed by atoms with Crippen molar-refractivity contribution >= 4 is 5.97 Å². The SMILES string of the molecule is [2H]CCCCCCN[C@@H](C)C(=O)OC. The third-order valence-corrected chi connectivity index (χ3v) is 1.93. The highest BCUT2D eigenvalue weighted by atomic mass is 16.5. The molecule has 1 N–H and O–H groups in total. The van der Waals surface area contributed by atoms with Crippen molar-refractivity contribution in [2.24, 2.45) is 0 Å². The summed E-state index contributed by atoms with van der Waals surface area (Å²) in [6.07, 6.45) is 4.27. The van der Waals surface area contributed by atoms with Gasteiger partial charge in [0.05, 0.1) is 7.11 Å². The fourth-order valence-electron chi connectivity index (χ4n) is 1.06. The van der Waals surface area contributed by atoms with E-state index in [-0.39, 0.29) is 12.0 Å². The maximum absolute atomic E-state index is 11.0. The molecular formula is C10H21NO2. The number of carbonyl (C=O) groups excluding carboxylic acids is 1. The fourth-order valence-corrected chi connectivity index (χ4v) is 1.06. The average molecular weight is 188 g/mol. The maximum Gasteiger partial charge on any atom is 0.322 e. The molecule has 0 unspecified atom stereocenters. The van der Waals surface area contributed by atoms with Crippen LogP contribution < -0.4 is 5.32 Å². The van der Waals surface area contributed by atoms with Crippen LogP contribution in [-0.2, 0) is 9.53 Å². The number of hydrogen-bond acceptors (Lipinski definition) is 3. The molecule has 0 aliphatic heterocycles. The predicted octanol–water partition coefficient (Wildman–Crippen LogP) is 1.72. The van der Waals surface area contributed by atoms with Crippen molar-refractivity contribution in [1.29, 1.82) is 0 Å². The number of rotatable bonds is 7. The highest BCUT2D eigenvalue weighted by Crippen LogP contribution is 1.97. The first-order chi connectivity index (χ1) is 6.72. The van der Waals surface area contributed by atoms with E-state index < -0.39 is 0 Å². The van der Waals surface area contributed by atoms with Crippen molar-refractivity contribution in [3.8, 4) is 0 Å². The quantitative estimate of drug-likeness (QED) is 0.488. The summed E-state index contributed by atoms with van der Waals surface area (Å²) in [5.74, 6) is -0.212. The molecule has 3 nitrogen and oxygen atoms in total. The van der Waals surface area contributed by atoms with E-state index in [4.69, 9.17) is 1.37 Å². The van der Waals surface area contributed by atoms with Gasteiger partial charge in [-0.2, -0.15) is 0 Å². The van der Waals surface area contributed by atoms with Crippen molar-refractivity contribution < 1.29 is 10.9 Å². The van der Waals surface area contributed by atoms with Crippen LogP contribution in [0.3, 0.4) is 0 Å². The van der Waals surface area contributed by atoms with E-state index in [2.05, 4.69) is 10.1 Å². The lowest BCUT2D eigenvalue weighted by atomic mass is 10.2. The van der Waals surface area contributed by atoms with Crippen LogP contribution >= 0.6 is 0 Å². The van der Waals surface area contributed by atoms with Crippen molar-refractivity contribution in [2.75, 3.05) is 13.7 Å². The summed E-state index contributed by atoms with van der Waals surface area (Å²) >= 11 is 0. The van der Waals surface area contributed by atoms with Gasteiger partial charge in [0.15, 0.2) is 0 Å². The topological polar surface area (TPSA) is 38.3 Å². The Kier molecular flexibility index (Phi) is 6.51. The Morgan fingerprint density at radius 1 is 1.54 bits per heavy atom. The van der Waals surface area contributed by atoms with Crippen molar-refractivity contribution in [1.82, 2.24) is 5.32 Å². The molecular weight excluding hydrogens is 166 g/mol. The van der Waals surface area contributed by atoms with Crippen LogP contribution in [-0.4, -0.2) is 25.7 Å². The Morgan fingerprint density at radius 3 is 2.92 bits per heavy atom. The number of hydrogen-bond donors (Lipinski definition) is 1. The number of ether oxygens (including phenoxy) is 1. The van der Waals surface area contributed by atoms with Crippen LogP contribution in [0.5, 0.6) is 0 Å². The second-order valence-corrected chi connectivity index (χ2v) is 3.11. The first kappa shape index (κ1) is 10.5. The van der Waals surface area contributed by atoms with Gasteiger partial charge >= 0.3 is 5.97 Å². The van der Waals surface area contributed by atoms with E-state index >= 15 is 0 Å². The highest BCUT2D eigenvalue weighted by molar-refractivity contribution is 5.74. The molecule has 0 heterocycles. The minimum Gasteiger partial charge on any atom is -0.468 e. The van der Waals surface area contributed by atoms with Gasteiger partial charge in [0, 0.05) is 1.37 Å². The molecule has 3 heteroatoms. The molecule has 13 heavy (non-hydrogen) atoms. The summed E-state index contributed by atoms with van der Waals surface area (Å²) in [4.78, 5) is 11.0. The number of esters is 1. The van der Waals surface area contributed by atoms with E-state index in [0.29, 0.717) is 6.90 Å². The Hall–Kier alpha value is -0.570. The van der Waals surface area contributed by atoms with Crippen LogP contribution in [0.1, 0.15) is 40.9 Å². The Morgan fingerprint density at radius 2 is 2.31 bits per heavy atom. The van der Waals surface area contributed by atoms with Crippen LogP contribution in [0.15, 0.2) is 0 Å². The average Bonchev–Trinajstić information content (AvgIpc) is 2.21. The van der Waals surface area contributed by atoms with Gasteiger partial charge in [-0.05, 0) is 19.9 Å². The van der Waals surface area contributed by atoms with Crippen LogP contribution in [0.2, 0.25) is 0 Å². The zero-order chi connectivity index (χ0) is 10.8. The van der Waals surface area contributed by atoms with Gasteiger partial charge in [-0.1, -0.05) is 26.2 Å². The molecule has 0 saturated heterocycles. The molecule has 0 radical (unpaired) electrons. The van der Waals surface area contributed by atoms with Gasteiger partial charge in [-0.25, -0.2) is 0 Å². The lowest BCUT2D eigenvalue weighted by Gasteiger charge is -2.10. The number of nitrogens with one attached hydrogen (secondary N) is 1. The van der Waals surface area contributed by atoms with Crippen LogP contribution in [0, 0.1) is 0 Å². The Bertz CT molecular complexity index is 153. The second kappa shape index (κ2) is 8.05. The normalized spacial score (nSPS) is 13.5. The summed E-state index contributed by atoms with van der Waals surface area (Å²) in [6.45, 7) is 3.16. The highest BCUT2D eigenvalue weighted by Gasteiger charge is 2.10.